The number of anilines is 2. The molecule has 0 aliphatic carbocycles. The predicted octanol–water partition coefficient (Wildman–Crippen LogP) is 4.83. The van der Waals surface area contributed by atoms with Crippen molar-refractivity contribution in [2.24, 2.45) is 0 Å². The second-order valence-corrected chi connectivity index (χ2v) is 5.71. The smallest absolute Gasteiger partial charge is 0.243 e. The highest BCUT2D eigenvalue weighted by Crippen LogP contribution is 2.26. The highest BCUT2D eigenvalue weighted by atomic mass is 35.5. The molecule has 2 rings (SSSR count). The molecule has 0 heterocycles. The third kappa shape index (κ3) is 5.34. The van der Waals surface area contributed by atoms with Crippen molar-refractivity contribution in [2.75, 3.05) is 23.8 Å². The summed E-state index contributed by atoms with van der Waals surface area (Å²) in [6, 6.07) is 12.4. The Morgan fingerprint density at radius 1 is 1.13 bits per heavy atom. The topological polar surface area (TPSA) is 50.4 Å². The molecule has 4 nitrogen and oxygen atoms in total. The SMILES string of the molecule is CCCOc1ccccc1NCC(=O)Nc1ccc(Cl)cc1Cl. The summed E-state index contributed by atoms with van der Waals surface area (Å²) in [5.74, 6) is 0.520. The van der Waals surface area contributed by atoms with Crippen molar-refractivity contribution in [1.29, 1.82) is 0 Å². The van der Waals surface area contributed by atoms with Crippen molar-refractivity contribution < 1.29 is 9.53 Å². The molecule has 6 heteroatoms. The molecule has 0 spiro atoms. The van der Waals surface area contributed by atoms with E-state index in [0.717, 1.165) is 17.9 Å². The summed E-state index contributed by atoms with van der Waals surface area (Å²) in [4.78, 5) is 12.0. The number of hydrogen-bond acceptors (Lipinski definition) is 3. The van der Waals surface area contributed by atoms with Gasteiger partial charge in [0.15, 0.2) is 0 Å². The van der Waals surface area contributed by atoms with Crippen LogP contribution < -0.4 is 15.4 Å². The highest BCUT2D eigenvalue weighted by molar-refractivity contribution is 6.36. The molecule has 0 aliphatic heterocycles. The van der Waals surface area contributed by atoms with Gasteiger partial charge in [0.05, 0.1) is 29.5 Å². The molecule has 2 aromatic rings. The number of hydrogen-bond donors (Lipinski definition) is 2. The Morgan fingerprint density at radius 2 is 1.91 bits per heavy atom. The maximum absolute atomic E-state index is 12.0. The normalized spacial score (nSPS) is 10.2. The summed E-state index contributed by atoms with van der Waals surface area (Å²) in [7, 11) is 0. The van der Waals surface area contributed by atoms with Crippen LogP contribution in [0.4, 0.5) is 11.4 Å². The number of carbonyl (C=O) groups is 1. The second-order valence-electron chi connectivity index (χ2n) is 4.87. The van der Waals surface area contributed by atoms with Crippen LogP contribution in [0.2, 0.25) is 10.0 Å². The van der Waals surface area contributed by atoms with Gasteiger partial charge in [-0.3, -0.25) is 4.79 Å². The van der Waals surface area contributed by atoms with E-state index in [1.807, 2.05) is 31.2 Å². The Hall–Kier alpha value is -1.91. The third-order valence-corrected chi connectivity index (χ3v) is 3.54. The van der Waals surface area contributed by atoms with Crippen molar-refractivity contribution in [3.8, 4) is 5.75 Å². The van der Waals surface area contributed by atoms with Crippen LogP contribution in [-0.4, -0.2) is 19.1 Å². The van der Waals surface area contributed by atoms with Gasteiger partial charge in [0.25, 0.3) is 0 Å². The van der Waals surface area contributed by atoms with Crippen LogP contribution in [0.5, 0.6) is 5.75 Å². The molecule has 0 atom stereocenters. The van der Waals surface area contributed by atoms with Gasteiger partial charge < -0.3 is 15.4 Å². The van der Waals surface area contributed by atoms with E-state index in [1.54, 1.807) is 18.2 Å². The Balaban J connectivity index is 1.94. The van der Waals surface area contributed by atoms with E-state index in [2.05, 4.69) is 10.6 Å². The van der Waals surface area contributed by atoms with Crippen molar-refractivity contribution >= 4 is 40.5 Å². The lowest BCUT2D eigenvalue weighted by Crippen LogP contribution is -2.22. The number of ether oxygens (including phenoxy) is 1. The quantitative estimate of drug-likeness (QED) is 0.749. The summed E-state index contributed by atoms with van der Waals surface area (Å²) in [6.45, 7) is 2.77. The molecule has 2 aromatic carbocycles. The summed E-state index contributed by atoms with van der Waals surface area (Å²) >= 11 is 11.9. The fourth-order valence-electron chi connectivity index (χ4n) is 1.91. The van der Waals surface area contributed by atoms with E-state index in [9.17, 15) is 4.79 Å². The largest absolute Gasteiger partial charge is 0.491 e. The first-order valence-corrected chi connectivity index (χ1v) is 8.06. The Morgan fingerprint density at radius 3 is 2.65 bits per heavy atom. The molecule has 0 bridgehead atoms. The molecule has 0 aromatic heterocycles. The first-order chi connectivity index (χ1) is 11.1. The van der Waals surface area contributed by atoms with E-state index in [-0.39, 0.29) is 12.5 Å². The standard InChI is InChI=1S/C17H18Cl2N2O2/c1-2-9-23-16-6-4-3-5-15(16)20-11-17(22)21-14-8-7-12(18)10-13(14)19/h3-8,10,20H,2,9,11H2,1H3,(H,21,22). The van der Waals surface area contributed by atoms with Gasteiger partial charge in [-0.25, -0.2) is 0 Å². The monoisotopic (exact) mass is 352 g/mol. The molecule has 23 heavy (non-hydrogen) atoms. The van der Waals surface area contributed by atoms with Crippen LogP contribution >= 0.6 is 23.2 Å². The number of amides is 1. The lowest BCUT2D eigenvalue weighted by molar-refractivity contribution is -0.114. The van der Waals surface area contributed by atoms with Gasteiger partial charge in [0.2, 0.25) is 5.91 Å². The first kappa shape index (κ1) is 17.4. The minimum atomic E-state index is -0.209. The summed E-state index contributed by atoms with van der Waals surface area (Å²) < 4.78 is 5.64. The fourth-order valence-corrected chi connectivity index (χ4v) is 2.37. The van der Waals surface area contributed by atoms with Gasteiger partial charge in [0.1, 0.15) is 5.75 Å². The maximum atomic E-state index is 12.0. The van der Waals surface area contributed by atoms with Crippen LogP contribution in [0, 0.1) is 0 Å². The van der Waals surface area contributed by atoms with Gasteiger partial charge in [-0.2, -0.15) is 0 Å². The molecule has 0 unspecified atom stereocenters. The zero-order valence-electron chi connectivity index (χ0n) is 12.7. The third-order valence-electron chi connectivity index (χ3n) is 2.99. The Bertz CT molecular complexity index is 677. The molecule has 0 saturated carbocycles. The van der Waals surface area contributed by atoms with Crippen molar-refractivity contribution in [2.45, 2.75) is 13.3 Å². The lowest BCUT2D eigenvalue weighted by atomic mass is 10.3. The molecule has 2 N–H and O–H groups in total. The molecule has 0 aliphatic rings. The number of nitrogens with one attached hydrogen (secondary N) is 2. The Labute approximate surface area is 145 Å². The summed E-state index contributed by atoms with van der Waals surface area (Å²) in [5.41, 5.74) is 1.30. The average molecular weight is 353 g/mol. The van der Waals surface area contributed by atoms with E-state index in [1.165, 1.54) is 0 Å². The van der Waals surface area contributed by atoms with Crippen LogP contribution in [0.3, 0.4) is 0 Å². The van der Waals surface area contributed by atoms with Crippen LogP contribution in [0.25, 0.3) is 0 Å². The van der Waals surface area contributed by atoms with E-state index < -0.39 is 0 Å². The van der Waals surface area contributed by atoms with Gasteiger partial charge in [-0.05, 0) is 36.8 Å². The molecule has 0 radical (unpaired) electrons. The van der Waals surface area contributed by atoms with E-state index in [0.29, 0.717) is 22.3 Å². The zero-order valence-corrected chi connectivity index (χ0v) is 14.2. The number of rotatable bonds is 7. The molecular weight excluding hydrogens is 335 g/mol. The number of para-hydroxylation sites is 2. The highest BCUT2D eigenvalue weighted by Gasteiger charge is 2.08. The second kappa shape index (κ2) is 8.65. The maximum Gasteiger partial charge on any atom is 0.243 e. The van der Waals surface area contributed by atoms with Gasteiger partial charge in [-0.15, -0.1) is 0 Å². The molecule has 122 valence electrons. The minimum Gasteiger partial charge on any atom is -0.491 e. The minimum absolute atomic E-state index is 0.103. The number of benzene rings is 2. The zero-order chi connectivity index (χ0) is 16.7. The van der Waals surface area contributed by atoms with Crippen molar-refractivity contribution in [1.82, 2.24) is 0 Å². The molecule has 0 fully saturated rings. The van der Waals surface area contributed by atoms with E-state index >= 15 is 0 Å². The van der Waals surface area contributed by atoms with Crippen LogP contribution in [0.15, 0.2) is 42.5 Å². The molecule has 0 saturated heterocycles. The van der Waals surface area contributed by atoms with Crippen LogP contribution in [-0.2, 0) is 4.79 Å². The van der Waals surface area contributed by atoms with Crippen LogP contribution in [0.1, 0.15) is 13.3 Å². The molecular formula is C17H18Cl2N2O2. The van der Waals surface area contributed by atoms with Crippen molar-refractivity contribution in [3.63, 3.8) is 0 Å². The number of halogens is 2. The van der Waals surface area contributed by atoms with Gasteiger partial charge >= 0.3 is 0 Å². The predicted molar refractivity (Wildman–Crippen MR) is 95.8 cm³/mol. The Kier molecular flexibility index (Phi) is 6.56. The fraction of sp³-hybridized carbons (Fsp3) is 0.235. The van der Waals surface area contributed by atoms with Crippen molar-refractivity contribution in [3.05, 3.63) is 52.5 Å². The van der Waals surface area contributed by atoms with E-state index in [4.69, 9.17) is 27.9 Å². The molecule has 1 amide bonds. The van der Waals surface area contributed by atoms with Gasteiger partial charge in [-0.1, -0.05) is 42.3 Å². The van der Waals surface area contributed by atoms with Gasteiger partial charge in [0, 0.05) is 5.02 Å². The summed E-state index contributed by atoms with van der Waals surface area (Å²) in [5, 5.41) is 6.73. The first-order valence-electron chi connectivity index (χ1n) is 7.30. The number of carbonyl (C=O) groups excluding carboxylic acids is 1. The lowest BCUT2D eigenvalue weighted by Gasteiger charge is -2.13. The summed E-state index contributed by atoms with van der Waals surface area (Å²) in [6.07, 6.45) is 0.921. The average Bonchev–Trinajstić information content (AvgIpc) is 2.54.